The molecule has 0 aromatic heterocycles. The maximum Gasteiger partial charge on any atom is 0.391 e. The fraction of sp³-hybridized carbons (Fsp3) is 0.714. The molecule has 0 aliphatic carbocycles. The first-order valence-electron chi connectivity index (χ1n) is 3.85. The van der Waals surface area contributed by atoms with Crippen LogP contribution in [-0.2, 0) is 4.79 Å². The minimum absolute atomic E-state index is 0.0401. The van der Waals surface area contributed by atoms with Gasteiger partial charge in [0.1, 0.15) is 0 Å². The van der Waals surface area contributed by atoms with Crippen LogP contribution >= 0.6 is 12.2 Å². The Morgan fingerprint density at radius 1 is 1.57 bits per heavy atom. The lowest BCUT2D eigenvalue weighted by atomic mass is 10.2. The van der Waals surface area contributed by atoms with Crippen LogP contribution in [0.1, 0.15) is 19.8 Å². The Balaban J connectivity index is 3.89. The molecule has 0 fully saturated rings. The van der Waals surface area contributed by atoms with Gasteiger partial charge in [-0.05, 0) is 6.92 Å². The number of carbonyl (C=O) groups excluding carboxylic acids is 1. The van der Waals surface area contributed by atoms with Crippen LogP contribution in [0.4, 0.5) is 13.2 Å². The van der Waals surface area contributed by atoms with Gasteiger partial charge >= 0.3 is 6.18 Å². The van der Waals surface area contributed by atoms with Crippen LogP contribution < -0.4 is 11.1 Å². The maximum atomic E-state index is 11.8. The molecule has 3 nitrogen and oxygen atoms in total. The highest BCUT2D eigenvalue weighted by atomic mass is 32.1. The van der Waals surface area contributed by atoms with Gasteiger partial charge in [0, 0.05) is 6.04 Å². The molecule has 0 aliphatic heterocycles. The van der Waals surface area contributed by atoms with E-state index in [1.54, 1.807) is 0 Å². The fourth-order valence-corrected chi connectivity index (χ4v) is 1.01. The fourth-order valence-electron chi connectivity index (χ4n) is 0.882. The van der Waals surface area contributed by atoms with E-state index in [0.29, 0.717) is 0 Å². The van der Waals surface area contributed by atoms with Gasteiger partial charge in [-0.1, -0.05) is 12.2 Å². The number of nitrogens with two attached hydrogens (primary N) is 1. The van der Waals surface area contributed by atoms with E-state index in [9.17, 15) is 18.0 Å². The van der Waals surface area contributed by atoms with Crippen molar-refractivity contribution in [1.82, 2.24) is 5.32 Å². The van der Waals surface area contributed by atoms with Crippen molar-refractivity contribution in [1.29, 1.82) is 0 Å². The summed E-state index contributed by atoms with van der Waals surface area (Å²) in [6.45, 7) is 1.27. The molecule has 82 valence electrons. The van der Waals surface area contributed by atoms with Crippen LogP contribution in [0.3, 0.4) is 0 Å². The average molecular weight is 228 g/mol. The number of halogens is 3. The molecule has 3 N–H and O–H groups in total. The van der Waals surface area contributed by atoms with Gasteiger partial charge in [-0.25, -0.2) is 0 Å². The number of amides is 1. The van der Waals surface area contributed by atoms with Crippen molar-refractivity contribution in [2.45, 2.75) is 32.0 Å². The minimum atomic E-state index is -4.28. The number of carbonyl (C=O) groups is 1. The second-order valence-corrected chi connectivity index (χ2v) is 3.46. The van der Waals surface area contributed by atoms with Crippen molar-refractivity contribution in [3.63, 3.8) is 0 Å². The average Bonchev–Trinajstić information content (AvgIpc) is 1.77. The summed E-state index contributed by atoms with van der Waals surface area (Å²) in [5.74, 6) is -0.589. The monoisotopic (exact) mass is 228 g/mol. The predicted molar refractivity (Wildman–Crippen MR) is 49.7 cm³/mol. The molecule has 0 rings (SSSR count). The molecule has 0 aromatic carbocycles. The summed E-state index contributed by atoms with van der Waals surface area (Å²) >= 11 is 4.43. The minimum Gasteiger partial charge on any atom is -0.393 e. The molecule has 0 aliphatic rings. The zero-order valence-corrected chi connectivity index (χ0v) is 8.34. The van der Waals surface area contributed by atoms with Crippen molar-refractivity contribution in [2.24, 2.45) is 5.73 Å². The van der Waals surface area contributed by atoms with Crippen LogP contribution in [0.2, 0.25) is 0 Å². The topological polar surface area (TPSA) is 55.1 Å². The summed E-state index contributed by atoms with van der Waals surface area (Å²) in [6, 6.07) is -0.961. The van der Waals surface area contributed by atoms with Crippen molar-refractivity contribution in [3.05, 3.63) is 0 Å². The molecule has 0 aromatic rings. The lowest BCUT2D eigenvalue weighted by Crippen LogP contribution is -2.37. The first-order chi connectivity index (χ1) is 6.20. The zero-order valence-electron chi connectivity index (χ0n) is 7.52. The summed E-state index contributed by atoms with van der Waals surface area (Å²) in [5, 5.41) is 2.14. The summed E-state index contributed by atoms with van der Waals surface area (Å²) in [6.07, 6.45) is -5.57. The second-order valence-electron chi connectivity index (χ2n) is 2.93. The molecule has 14 heavy (non-hydrogen) atoms. The highest BCUT2D eigenvalue weighted by Gasteiger charge is 2.30. The van der Waals surface area contributed by atoms with Gasteiger partial charge in [-0.15, -0.1) is 0 Å². The van der Waals surface area contributed by atoms with Crippen LogP contribution in [0.15, 0.2) is 0 Å². The molecule has 1 unspecified atom stereocenters. The third kappa shape index (κ3) is 7.78. The smallest absolute Gasteiger partial charge is 0.391 e. The maximum absolute atomic E-state index is 11.8. The Morgan fingerprint density at radius 3 is 2.43 bits per heavy atom. The van der Waals surface area contributed by atoms with Crippen LogP contribution in [0.25, 0.3) is 0 Å². The van der Waals surface area contributed by atoms with Gasteiger partial charge in [0.2, 0.25) is 5.91 Å². The molecule has 1 atom stereocenters. The van der Waals surface area contributed by atoms with E-state index in [2.05, 4.69) is 17.5 Å². The van der Waals surface area contributed by atoms with Gasteiger partial charge < -0.3 is 11.1 Å². The van der Waals surface area contributed by atoms with Gasteiger partial charge in [0.25, 0.3) is 0 Å². The van der Waals surface area contributed by atoms with Crippen molar-refractivity contribution in [2.75, 3.05) is 0 Å². The van der Waals surface area contributed by atoms with Crippen LogP contribution in [-0.4, -0.2) is 23.1 Å². The quantitative estimate of drug-likeness (QED) is 0.709. The predicted octanol–water partition coefficient (Wildman–Crippen LogP) is 1.12. The molecule has 1 amide bonds. The largest absolute Gasteiger partial charge is 0.393 e. The Hall–Kier alpha value is -0.850. The summed E-state index contributed by atoms with van der Waals surface area (Å²) < 4.78 is 35.5. The Morgan fingerprint density at radius 2 is 2.07 bits per heavy atom. The van der Waals surface area contributed by atoms with Crippen molar-refractivity contribution in [3.8, 4) is 0 Å². The molecule has 0 heterocycles. The van der Waals surface area contributed by atoms with Gasteiger partial charge in [0.15, 0.2) is 0 Å². The Kier molecular flexibility index (Phi) is 4.82. The standard InChI is InChI=1S/C7H11F3N2OS/c1-4(3-7(8,9)10)12-6(13)2-5(11)14/h4H,2-3H2,1H3,(H2,11,14)(H,12,13). The molecule has 0 spiro atoms. The molecular weight excluding hydrogens is 217 g/mol. The van der Waals surface area contributed by atoms with Crippen LogP contribution in [0, 0.1) is 0 Å². The molecular formula is C7H11F3N2OS. The number of alkyl halides is 3. The Bertz CT molecular complexity index is 229. The third-order valence-corrected chi connectivity index (χ3v) is 1.42. The number of rotatable bonds is 4. The van der Waals surface area contributed by atoms with Gasteiger partial charge in [0.05, 0.1) is 17.8 Å². The third-order valence-electron chi connectivity index (χ3n) is 1.28. The van der Waals surface area contributed by atoms with E-state index in [-0.39, 0.29) is 11.4 Å². The zero-order chi connectivity index (χ0) is 11.4. The second kappa shape index (κ2) is 5.14. The van der Waals surface area contributed by atoms with Gasteiger partial charge in [-0.3, -0.25) is 4.79 Å². The van der Waals surface area contributed by atoms with E-state index < -0.39 is 24.5 Å². The van der Waals surface area contributed by atoms with E-state index in [4.69, 9.17) is 5.73 Å². The number of hydrogen-bond donors (Lipinski definition) is 2. The van der Waals surface area contributed by atoms with Gasteiger partial charge in [-0.2, -0.15) is 13.2 Å². The summed E-state index contributed by atoms with van der Waals surface area (Å²) in [4.78, 5) is 10.9. The Labute approximate surface area is 84.8 Å². The molecule has 0 bridgehead atoms. The lowest BCUT2D eigenvalue weighted by molar-refractivity contribution is -0.141. The summed E-state index contributed by atoms with van der Waals surface area (Å²) in [5.41, 5.74) is 5.04. The van der Waals surface area contributed by atoms with E-state index in [0.717, 1.165) is 0 Å². The first-order valence-corrected chi connectivity index (χ1v) is 4.26. The summed E-state index contributed by atoms with van der Waals surface area (Å²) in [7, 11) is 0. The molecule has 7 heteroatoms. The van der Waals surface area contributed by atoms with E-state index in [1.165, 1.54) is 6.92 Å². The highest BCUT2D eigenvalue weighted by molar-refractivity contribution is 7.80. The number of thiocarbonyl (C=S) groups is 1. The van der Waals surface area contributed by atoms with E-state index >= 15 is 0 Å². The molecule has 0 saturated heterocycles. The SMILES string of the molecule is CC(CC(F)(F)F)NC(=O)CC(N)=S. The van der Waals surface area contributed by atoms with Crippen LogP contribution in [0.5, 0.6) is 0 Å². The number of nitrogens with one attached hydrogen (secondary N) is 1. The molecule has 0 radical (unpaired) electrons. The number of hydrogen-bond acceptors (Lipinski definition) is 2. The molecule has 0 saturated carbocycles. The van der Waals surface area contributed by atoms with E-state index in [1.807, 2.05) is 0 Å². The van der Waals surface area contributed by atoms with Crippen molar-refractivity contribution >= 4 is 23.1 Å². The van der Waals surface area contributed by atoms with Crippen molar-refractivity contribution < 1.29 is 18.0 Å². The first kappa shape index (κ1) is 13.2. The lowest BCUT2D eigenvalue weighted by Gasteiger charge is -2.15. The normalized spacial score (nSPS) is 13.4. The highest BCUT2D eigenvalue weighted by Crippen LogP contribution is 2.21.